The molecular weight excluding hydrogens is 226 g/mol. The number of aryl methyl sites for hydroxylation is 1. The molecule has 1 saturated carbocycles. The lowest BCUT2D eigenvalue weighted by Crippen LogP contribution is -2.44. The molecule has 2 aliphatic rings. The zero-order chi connectivity index (χ0) is 12.5. The molecule has 0 spiro atoms. The highest BCUT2D eigenvalue weighted by molar-refractivity contribution is 5.92. The van der Waals surface area contributed by atoms with Crippen molar-refractivity contribution in [3.8, 4) is 0 Å². The third-order valence-corrected chi connectivity index (χ3v) is 3.74. The summed E-state index contributed by atoms with van der Waals surface area (Å²) in [6, 6.07) is 4.12. The Morgan fingerprint density at radius 2 is 2.39 bits per heavy atom. The maximum atomic E-state index is 12.4. The molecule has 0 atom stereocenters. The molecule has 1 aliphatic carbocycles. The second kappa shape index (κ2) is 4.59. The number of rotatable bonds is 2. The topological polar surface area (TPSA) is 36.4 Å². The molecular formula is C14H19N3O. The summed E-state index contributed by atoms with van der Waals surface area (Å²) in [6.45, 7) is 1.68. The Balaban J connectivity index is 1.77. The van der Waals surface area contributed by atoms with Gasteiger partial charge in [-0.25, -0.2) is 9.78 Å². The molecule has 0 radical (unpaired) electrons. The van der Waals surface area contributed by atoms with Gasteiger partial charge in [0.2, 0.25) is 0 Å². The number of fused-ring (bicyclic) bond motifs is 1. The second-order valence-electron chi connectivity index (χ2n) is 5.35. The van der Waals surface area contributed by atoms with E-state index in [9.17, 15) is 4.79 Å². The number of carbonyl (C=O) groups is 1. The minimum Gasteiger partial charge on any atom is -0.327 e. The summed E-state index contributed by atoms with van der Waals surface area (Å²) < 4.78 is 0. The standard InChI is InChI=1S/C14H19N3O/c1-16(10-11-6-7-11)14(18)17-9-3-5-12-4-2-8-15-13(12)17/h2,4,8,11H,3,5-7,9-10H2,1H3. The molecule has 1 aliphatic heterocycles. The van der Waals surface area contributed by atoms with Gasteiger partial charge < -0.3 is 4.90 Å². The first-order valence-corrected chi connectivity index (χ1v) is 6.72. The van der Waals surface area contributed by atoms with Crippen LogP contribution in [0.15, 0.2) is 18.3 Å². The summed E-state index contributed by atoms with van der Waals surface area (Å²) in [7, 11) is 1.90. The number of hydrogen-bond acceptors (Lipinski definition) is 2. The van der Waals surface area contributed by atoms with Gasteiger partial charge in [0.15, 0.2) is 0 Å². The van der Waals surface area contributed by atoms with Gasteiger partial charge in [-0.05, 0) is 43.2 Å². The molecule has 96 valence electrons. The van der Waals surface area contributed by atoms with Crippen LogP contribution in [0.4, 0.5) is 10.6 Å². The van der Waals surface area contributed by atoms with Gasteiger partial charge in [-0.3, -0.25) is 4.90 Å². The molecule has 0 bridgehead atoms. The minimum absolute atomic E-state index is 0.0987. The third kappa shape index (κ3) is 2.19. The number of anilines is 1. The normalized spacial score (nSPS) is 18.4. The Labute approximate surface area is 108 Å². The summed E-state index contributed by atoms with van der Waals surface area (Å²) in [5.41, 5.74) is 1.19. The summed E-state index contributed by atoms with van der Waals surface area (Å²) in [5, 5.41) is 0. The van der Waals surface area contributed by atoms with Crippen LogP contribution in [0.3, 0.4) is 0 Å². The highest BCUT2D eigenvalue weighted by atomic mass is 16.2. The van der Waals surface area contributed by atoms with Crippen LogP contribution in [0.1, 0.15) is 24.8 Å². The van der Waals surface area contributed by atoms with Crippen LogP contribution in [0.2, 0.25) is 0 Å². The number of hydrogen-bond donors (Lipinski definition) is 0. The quantitative estimate of drug-likeness (QED) is 0.801. The van der Waals surface area contributed by atoms with Crippen molar-refractivity contribution in [1.82, 2.24) is 9.88 Å². The van der Waals surface area contributed by atoms with E-state index in [1.165, 1.54) is 18.4 Å². The zero-order valence-electron chi connectivity index (χ0n) is 10.8. The monoisotopic (exact) mass is 245 g/mol. The lowest BCUT2D eigenvalue weighted by molar-refractivity contribution is 0.212. The molecule has 18 heavy (non-hydrogen) atoms. The van der Waals surface area contributed by atoms with Gasteiger partial charge in [-0.2, -0.15) is 0 Å². The van der Waals surface area contributed by atoms with Gasteiger partial charge in [0, 0.05) is 26.3 Å². The van der Waals surface area contributed by atoms with Crippen LogP contribution in [0.25, 0.3) is 0 Å². The van der Waals surface area contributed by atoms with Crippen molar-refractivity contribution < 1.29 is 4.79 Å². The Morgan fingerprint density at radius 1 is 1.56 bits per heavy atom. The number of pyridine rings is 1. The number of amides is 2. The van der Waals surface area contributed by atoms with Gasteiger partial charge in [0.25, 0.3) is 0 Å². The first-order chi connectivity index (χ1) is 8.75. The molecule has 1 aromatic rings. The van der Waals surface area contributed by atoms with Crippen LogP contribution >= 0.6 is 0 Å². The van der Waals surface area contributed by atoms with E-state index >= 15 is 0 Å². The van der Waals surface area contributed by atoms with Crippen molar-refractivity contribution in [2.75, 3.05) is 25.0 Å². The Hall–Kier alpha value is -1.58. The van der Waals surface area contributed by atoms with E-state index in [-0.39, 0.29) is 6.03 Å². The fourth-order valence-electron chi connectivity index (χ4n) is 2.56. The molecule has 0 aromatic carbocycles. The first kappa shape index (κ1) is 11.5. The van der Waals surface area contributed by atoms with Crippen LogP contribution in [0, 0.1) is 5.92 Å². The molecule has 2 amide bonds. The van der Waals surface area contributed by atoms with Crippen LogP contribution < -0.4 is 4.90 Å². The average molecular weight is 245 g/mol. The molecule has 4 nitrogen and oxygen atoms in total. The number of carbonyl (C=O) groups excluding carboxylic acids is 1. The summed E-state index contributed by atoms with van der Waals surface area (Å²) in [6.07, 6.45) is 6.37. The lowest BCUT2D eigenvalue weighted by Gasteiger charge is -2.31. The lowest BCUT2D eigenvalue weighted by atomic mass is 10.1. The van der Waals surface area contributed by atoms with E-state index in [1.54, 1.807) is 6.20 Å². The van der Waals surface area contributed by atoms with E-state index < -0.39 is 0 Å². The van der Waals surface area contributed by atoms with E-state index in [1.807, 2.05) is 22.9 Å². The van der Waals surface area contributed by atoms with Crippen LogP contribution in [0.5, 0.6) is 0 Å². The molecule has 1 fully saturated rings. The minimum atomic E-state index is 0.0987. The molecule has 3 rings (SSSR count). The molecule has 4 heteroatoms. The maximum Gasteiger partial charge on any atom is 0.325 e. The zero-order valence-corrected chi connectivity index (χ0v) is 10.8. The van der Waals surface area contributed by atoms with Gasteiger partial charge in [0.1, 0.15) is 5.82 Å². The van der Waals surface area contributed by atoms with Crippen molar-refractivity contribution >= 4 is 11.8 Å². The predicted octanol–water partition coefficient (Wildman–Crippen LogP) is 2.30. The highest BCUT2D eigenvalue weighted by Gasteiger charge is 2.29. The molecule has 2 heterocycles. The molecule has 0 saturated heterocycles. The fraction of sp³-hybridized carbons (Fsp3) is 0.571. The SMILES string of the molecule is CN(CC1CC1)C(=O)N1CCCc2cccnc21. The highest BCUT2D eigenvalue weighted by Crippen LogP contribution is 2.30. The van der Waals surface area contributed by atoms with Crippen molar-refractivity contribution in [3.63, 3.8) is 0 Å². The largest absolute Gasteiger partial charge is 0.327 e. The predicted molar refractivity (Wildman–Crippen MR) is 70.7 cm³/mol. The van der Waals surface area contributed by atoms with Crippen molar-refractivity contribution in [2.24, 2.45) is 5.92 Å². The Morgan fingerprint density at radius 3 is 3.17 bits per heavy atom. The summed E-state index contributed by atoms with van der Waals surface area (Å²) in [4.78, 5) is 20.5. The first-order valence-electron chi connectivity index (χ1n) is 6.72. The average Bonchev–Trinajstić information content (AvgIpc) is 3.21. The van der Waals surface area contributed by atoms with E-state index in [0.29, 0.717) is 0 Å². The Bertz CT molecular complexity index is 456. The van der Waals surface area contributed by atoms with Crippen LogP contribution in [-0.4, -0.2) is 36.1 Å². The van der Waals surface area contributed by atoms with Crippen molar-refractivity contribution in [1.29, 1.82) is 0 Å². The Kier molecular flexibility index (Phi) is 2.94. The smallest absolute Gasteiger partial charge is 0.325 e. The maximum absolute atomic E-state index is 12.4. The number of nitrogens with zero attached hydrogens (tertiary/aromatic N) is 3. The third-order valence-electron chi connectivity index (χ3n) is 3.74. The van der Waals surface area contributed by atoms with Gasteiger partial charge >= 0.3 is 6.03 Å². The molecule has 1 aromatic heterocycles. The van der Waals surface area contributed by atoms with Crippen molar-refractivity contribution in [3.05, 3.63) is 23.9 Å². The fourth-order valence-corrected chi connectivity index (χ4v) is 2.56. The molecule has 0 N–H and O–H groups in total. The van der Waals surface area contributed by atoms with Gasteiger partial charge in [-0.15, -0.1) is 0 Å². The number of urea groups is 1. The van der Waals surface area contributed by atoms with Crippen LogP contribution in [-0.2, 0) is 6.42 Å². The molecule has 0 unspecified atom stereocenters. The van der Waals surface area contributed by atoms with Gasteiger partial charge in [-0.1, -0.05) is 6.07 Å². The van der Waals surface area contributed by atoms with Gasteiger partial charge in [0.05, 0.1) is 0 Å². The summed E-state index contributed by atoms with van der Waals surface area (Å²) >= 11 is 0. The van der Waals surface area contributed by atoms with E-state index in [2.05, 4.69) is 11.1 Å². The number of aromatic nitrogens is 1. The summed E-state index contributed by atoms with van der Waals surface area (Å²) in [5.74, 6) is 1.59. The van der Waals surface area contributed by atoms with E-state index in [0.717, 1.165) is 37.7 Å². The second-order valence-corrected chi connectivity index (χ2v) is 5.35. The van der Waals surface area contributed by atoms with E-state index in [4.69, 9.17) is 0 Å². The van der Waals surface area contributed by atoms with Crippen molar-refractivity contribution in [2.45, 2.75) is 25.7 Å².